The number of aryl methyl sites for hydroxylation is 5. The average Bonchev–Trinajstić information content (AvgIpc) is 3.84. The molecule has 3 aromatic carbocycles. The number of esters is 1. The lowest BCUT2D eigenvalue weighted by molar-refractivity contribution is 0.0589. The van der Waals surface area contributed by atoms with Crippen molar-refractivity contribution in [2.45, 2.75) is 62.9 Å². The van der Waals surface area contributed by atoms with E-state index in [-0.39, 0.29) is 5.97 Å². The number of ether oxygens (including phenoxy) is 2. The highest BCUT2D eigenvalue weighted by atomic mass is 32.2. The van der Waals surface area contributed by atoms with Gasteiger partial charge in [-0.25, -0.2) is 4.79 Å². The Morgan fingerprint density at radius 1 is 0.979 bits per heavy atom. The van der Waals surface area contributed by atoms with Gasteiger partial charge >= 0.3 is 5.97 Å². The highest BCUT2D eigenvalue weighted by molar-refractivity contribution is 7.98. The van der Waals surface area contributed by atoms with Gasteiger partial charge in [0.2, 0.25) is 0 Å². The van der Waals surface area contributed by atoms with E-state index >= 15 is 0 Å². The number of methoxy groups -OCH3 is 1. The number of carbonyl (C=O) groups excluding carboxylic acids is 1. The first-order chi connectivity index (χ1) is 23.4. The number of thioether (sulfide) groups is 1. The summed E-state index contributed by atoms with van der Waals surface area (Å²) in [6.07, 6.45) is 3.48. The fourth-order valence-corrected chi connectivity index (χ4v) is 8.58. The molecule has 0 saturated heterocycles. The Kier molecular flexibility index (Phi) is 8.00. The van der Waals surface area contributed by atoms with Crippen LogP contribution in [-0.2, 0) is 57.1 Å². The largest absolute Gasteiger partial charge is 0.493 e. The number of hydrogen-bond donors (Lipinski definition) is 1. The zero-order chi connectivity index (χ0) is 32.9. The van der Waals surface area contributed by atoms with Gasteiger partial charge in [0.05, 0.1) is 30.6 Å². The number of nitrogens with zero attached hydrogens (tertiary/aromatic N) is 5. The summed E-state index contributed by atoms with van der Waals surface area (Å²) < 4.78 is 18.1. The lowest BCUT2D eigenvalue weighted by Crippen LogP contribution is -2.15. The van der Waals surface area contributed by atoms with E-state index in [4.69, 9.17) is 19.7 Å². The molecular formula is C38H40N6O3S. The van der Waals surface area contributed by atoms with Gasteiger partial charge in [-0.1, -0.05) is 36.4 Å². The number of benzene rings is 3. The minimum atomic E-state index is -0.324. The van der Waals surface area contributed by atoms with Gasteiger partial charge in [0.25, 0.3) is 0 Å². The number of carbonyl (C=O) groups is 1. The first kappa shape index (κ1) is 30.8. The van der Waals surface area contributed by atoms with Gasteiger partial charge in [0, 0.05) is 77.7 Å². The molecule has 5 heterocycles. The van der Waals surface area contributed by atoms with E-state index in [0.717, 1.165) is 92.0 Å². The Morgan fingerprint density at radius 3 is 2.73 bits per heavy atom. The summed E-state index contributed by atoms with van der Waals surface area (Å²) in [4.78, 5) is 14.6. The zero-order valence-electron chi connectivity index (χ0n) is 27.9. The minimum Gasteiger partial charge on any atom is -0.493 e. The van der Waals surface area contributed by atoms with Crippen molar-refractivity contribution in [3.8, 4) is 16.9 Å². The van der Waals surface area contributed by atoms with Crippen LogP contribution in [0.3, 0.4) is 0 Å². The molecule has 6 aromatic rings. The van der Waals surface area contributed by atoms with Crippen LogP contribution in [0.1, 0.15) is 57.2 Å². The van der Waals surface area contributed by atoms with Gasteiger partial charge in [0.1, 0.15) is 11.4 Å². The molecule has 2 aliphatic rings. The normalized spacial score (nSPS) is 15.2. The fraction of sp³-hybridized carbons (Fsp3) is 0.342. The molecule has 2 aliphatic heterocycles. The molecule has 0 atom stereocenters. The van der Waals surface area contributed by atoms with Gasteiger partial charge in [-0.05, 0) is 67.3 Å². The molecule has 3 aromatic heterocycles. The van der Waals surface area contributed by atoms with Crippen molar-refractivity contribution in [2.75, 3.05) is 13.7 Å². The topological polar surface area (TPSA) is 88.1 Å². The molecule has 48 heavy (non-hydrogen) atoms. The summed E-state index contributed by atoms with van der Waals surface area (Å²) in [5, 5.41) is 16.9. The van der Waals surface area contributed by atoms with E-state index in [1.54, 1.807) is 11.8 Å². The van der Waals surface area contributed by atoms with Crippen LogP contribution in [0.15, 0.2) is 59.5 Å². The van der Waals surface area contributed by atoms with Crippen molar-refractivity contribution in [1.82, 2.24) is 29.4 Å². The molecular weight excluding hydrogens is 621 g/mol. The standard InChI is InChI=1S/C38H40N6O3S/c1-23-13-14-30-29-11-8-16-47-33-19-27(17-24-9-5-6-10-28(24)33)48-22-26-18-25(40-43(26)3)20-39-21-31-35(32-12-7-15-44(32)41-31)34(23)36(30)42(2)37(29)38(45)46-4/h5-6,9-10,13-14,17-19,39H,7-8,11-12,15-16,20-22H2,1-4H3. The highest BCUT2D eigenvalue weighted by Crippen LogP contribution is 2.42. The average molecular weight is 661 g/mol. The van der Waals surface area contributed by atoms with E-state index in [1.165, 1.54) is 24.1 Å². The second kappa shape index (κ2) is 12.5. The summed E-state index contributed by atoms with van der Waals surface area (Å²) in [6.45, 7) is 4.85. The smallest absolute Gasteiger partial charge is 0.354 e. The maximum atomic E-state index is 13.4. The van der Waals surface area contributed by atoms with Gasteiger partial charge in [-0.2, -0.15) is 10.2 Å². The van der Waals surface area contributed by atoms with E-state index < -0.39 is 0 Å². The molecule has 0 amide bonds. The van der Waals surface area contributed by atoms with Gasteiger partial charge < -0.3 is 19.4 Å². The SMILES string of the molecule is COC(=O)c1c2c3ccc(C)c(c3n1C)-c1c(nn3c1CCC3)CNCc1cc(n(C)n1)CSc1cc(c3ccccc3c1)OCCC2. The predicted octanol–water partition coefficient (Wildman–Crippen LogP) is 6.88. The van der Waals surface area contributed by atoms with Crippen LogP contribution in [0.5, 0.6) is 5.75 Å². The Labute approximate surface area is 284 Å². The number of fused-ring (bicyclic) bond motifs is 10. The summed E-state index contributed by atoms with van der Waals surface area (Å²) in [5.74, 6) is 1.35. The molecule has 1 N–H and O–H groups in total. The third-order valence-corrected chi connectivity index (χ3v) is 10.9. The Morgan fingerprint density at radius 2 is 1.85 bits per heavy atom. The highest BCUT2D eigenvalue weighted by Gasteiger charge is 2.29. The van der Waals surface area contributed by atoms with Crippen LogP contribution in [0.25, 0.3) is 32.8 Å². The van der Waals surface area contributed by atoms with Crippen molar-refractivity contribution in [3.05, 3.63) is 94.2 Å². The van der Waals surface area contributed by atoms with Crippen molar-refractivity contribution in [2.24, 2.45) is 14.1 Å². The summed E-state index contributed by atoms with van der Waals surface area (Å²) >= 11 is 1.79. The maximum Gasteiger partial charge on any atom is 0.354 e. The monoisotopic (exact) mass is 660 g/mol. The predicted molar refractivity (Wildman–Crippen MR) is 190 cm³/mol. The molecule has 8 bridgehead atoms. The quantitative estimate of drug-likeness (QED) is 0.193. The molecule has 8 rings (SSSR count). The van der Waals surface area contributed by atoms with Crippen LogP contribution >= 0.6 is 11.8 Å². The molecule has 0 spiro atoms. The summed E-state index contributed by atoms with van der Waals surface area (Å²) in [5.41, 5.74) is 10.6. The van der Waals surface area contributed by atoms with Crippen LogP contribution in [-0.4, -0.2) is 43.8 Å². The molecule has 0 saturated carbocycles. The molecule has 0 radical (unpaired) electrons. The molecule has 246 valence electrons. The Balaban J connectivity index is 1.27. The summed E-state index contributed by atoms with van der Waals surface area (Å²) in [7, 11) is 5.47. The molecule has 10 heteroatoms. The van der Waals surface area contributed by atoms with E-state index in [1.807, 2.05) is 23.3 Å². The lowest BCUT2D eigenvalue weighted by atomic mass is 9.93. The minimum absolute atomic E-state index is 0.324. The van der Waals surface area contributed by atoms with Crippen LogP contribution < -0.4 is 10.1 Å². The second-order valence-corrected chi connectivity index (χ2v) is 13.9. The van der Waals surface area contributed by atoms with E-state index in [2.05, 4.69) is 71.5 Å². The van der Waals surface area contributed by atoms with E-state index in [9.17, 15) is 4.79 Å². The van der Waals surface area contributed by atoms with E-state index in [0.29, 0.717) is 31.8 Å². The van der Waals surface area contributed by atoms with Crippen molar-refractivity contribution in [1.29, 1.82) is 0 Å². The number of rotatable bonds is 1. The first-order valence-electron chi connectivity index (χ1n) is 16.7. The van der Waals surface area contributed by atoms with Crippen LogP contribution in [0.2, 0.25) is 0 Å². The van der Waals surface area contributed by atoms with Crippen molar-refractivity contribution >= 4 is 39.4 Å². The van der Waals surface area contributed by atoms with Crippen molar-refractivity contribution in [3.63, 3.8) is 0 Å². The van der Waals surface area contributed by atoms with Gasteiger partial charge in [0.15, 0.2) is 0 Å². The first-order valence-corrected chi connectivity index (χ1v) is 17.7. The maximum absolute atomic E-state index is 13.4. The van der Waals surface area contributed by atoms with Gasteiger partial charge in [-0.15, -0.1) is 11.8 Å². The number of aromatic nitrogens is 5. The molecule has 9 nitrogen and oxygen atoms in total. The Bertz CT molecular complexity index is 2210. The number of hydrogen-bond acceptors (Lipinski definition) is 7. The molecule has 0 unspecified atom stereocenters. The third-order valence-electron chi connectivity index (χ3n) is 9.85. The third kappa shape index (κ3) is 5.27. The zero-order valence-corrected chi connectivity index (χ0v) is 28.7. The summed E-state index contributed by atoms with van der Waals surface area (Å²) in [6, 6.07) is 19.3. The fourth-order valence-electron chi connectivity index (χ4n) is 7.59. The number of nitrogens with one attached hydrogen (secondary N) is 1. The van der Waals surface area contributed by atoms with Crippen LogP contribution in [0, 0.1) is 6.92 Å². The van der Waals surface area contributed by atoms with Gasteiger partial charge in [-0.3, -0.25) is 9.36 Å². The van der Waals surface area contributed by atoms with Crippen LogP contribution in [0.4, 0.5) is 0 Å². The second-order valence-electron chi connectivity index (χ2n) is 12.9. The molecule has 0 fully saturated rings. The Hall–Kier alpha value is -4.54. The lowest BCUT2D eigenvalue weighted by Gasteiger charge is -2.13. The molecule has 0 aliphatic carbocycles. The van der Waals surface area contributed by atoms with Crippen molar-refractivity contribution < 1.29 is 14.3 Å².